The number of benzene rings is 2. The Labute approximate surface area is 168 Å². The van der Waals surface area contributed by atoms with E-state index in [2.05, 4.69) is 10.4 Å². The molecule has 2 aromatic carbocycles. The van der Waals surface area contributed by atoms with E-state index in [1.165, 1.54) is 0 Å². The summed E-state index contributed by atoms with van der Waals surface area (Å²) in [6, 6.07) is 16.1. The maximum atomic E-state index is 12.7. The molecule has 0 spiro atoms. The topological polar surface area (TPSA) is 107 Å². The first-order valence-corrected chi connectivity index (χ1v) is 10.5. The summed E-state index contributed by atoms with van der Waals surface area (Å²) in [7, 11) is -3.61. The van der Waals surface area contributed by atoms with Crippen LogP contribution >= 0.6 is 11.6 Å². The maximum Gasteiger partial charge on any atom is 0.260 e. The van der Waals surface area contributed by atoms with Gasteiger partial charge in [-0.05, 0) is 30.2 Å². The van der Waals surface area contributed by atoms with Gasteiger partial charge in [0.05, 0.1) is 23.6 Å². The highest BCUT2D eigenvalue weighted by molar-refractivity contribution is 7.88. The second-order valence-electron chi connectivity index (χ2n) is 6.35. The number of carbonyl (C=O) groups excluding carboxylic acids is 1. The van der Waals surface area contributed by atoms with E-state index in [1.807, 2.05) is 30.3 Å². The van der Waals surface area contributed by atoms with Crippen molar-refractivity contribution in [2.45, 2.75) is 19.2 Å². The molecule has 3 N–H and O–H groups in total. The van der Waals surface area contributed by atoms with Gasteiger partial charge in [0, 0.05) is 5.69 Å². The van der Waals surface area contributed by atoms with Crippen LogP contribution in [0.2, 0.25) is 5.15 Å². The second kappa shape index (κ2) is 8.14. The zero-order chi connectivity index (χ0) is 20.3. The molecule has 3 rings (SSSR count). The highest BCUT2D eigenvalue weighted by Gasteiger charge is 2.20. The van der Waals surface area contributed by atoms with E-state index >= 15 is 0 Å². The van der Waals surface area contributed by atoms with Crippen LogP contribution in [0.25, 0.3) is 0 Å². The molecule has 0 saturated heterocycles. The molecule has 1 heterocycles. The van der Waals surface area contributed by atoms with Crippen LogP contribution in [0.1, 0.15) is 27.2 Å². The first-order valence-electron chi connectivity index (χ1n) is 8.40. The Bertz CT molecular complexity index is 1090. The van der Waals surface area contributed by atoms with E-state index in [1.54, 1.807) is 35.9 Å². The normalized spacial score (nSPS) is 11.4. The van der Waals surface area contributed by atoms with E-state index < -0.39 is 10.0 Å². The van der Waals surface area contributed by atoms with Gasteiger partial charge in [0.25, 0.3) is 5.91 Å². The summed E-state index contributed by atoms with van der Waals surface area (Å²) in [4.78, 5) is 12.7. The molecule has 0 bridgehead atoms. The summed E-state index contributed by atoms with van der Waals surface area (Å²) < 4.78 is 23.9. The van der Waals surface area contributed by atoms with Crippen molar-refractivity contribution in [1.29, 1.82) is 0 Å². The van der Waals surface area contributed by atoms with Crippen LogP contribution in [0.15, 0.2) is 54.6 Å². The number of hydrogen-bond donors (Lipinski definition) is 2. The lowest BCUT2D eigenvalue weighted by Crippen LogP contribution is -2.15. The van der Waals surface area contributed by atoms with Crippen LogP contribution in [0.3, 0.4) is 0 Å². The van der Waals surface area contributed by atoms with Crippen LogP contribution in [0, 0.1) is 6.92 Å². The molecule has 0 aliphatic heterocycles. The standard InChI is InChI=1S/C19H19ClN4O3S/c1-13-17(18(20)24(23-13)11-14-5-3-2-4-6-14)19(25)22-16-9-7-15(8-10-16)12-28(21,26)27/h2-10H,11-12H2,1H3,(H,22,25)(H2,21,26,27). The molecule has 0 aliphatic carbocycles. The molecule has 9 heteroatoms. The highest BCUT2D eigenvalue weighted by Crippen LogP contribution is 2.22. The predicted molar refractivity (Wildman–Crippen MR) is 109 cm³/mol. The van der Waals surface area contributed by atoms with Gasteiger partial charge in [-0.25, -0.2) is 18.2 Å². The van der Waals surface area contributed by atoms with Crippen molar-refractivity contribution >= 4 is 33.2 Å². The zero-order valence-electron chi connectivity index (χ0n) is 15.1. The van der Waals surface area contributed by atoms with Gasteiger partial charge in [-0.1, -0.05) is 54.1 Å². The molecule has 1 aromatic heterocycles. The fourth-order valence-electron chi connectivity index (χ4n) is 2.78. The molecule has 7 nitrogen and oxygen atoms in total. The lowest BCUT2D eigenvalue weighted by atomic mass is 10.2. The van der Waals surface area contributed by atoms with Gasteiger partial charge in [-0.15, -0.1) is 0 Å². The number of anilines is 1. The molecule has 146 valence electrons. The molecular formula is C19H19ClN4O3S. The number of aryl methyl sites for hydroxylation is 1. The van der Waals surface area contributed by atoms with Crippen LogP contribution < -0.4 is 10.5 Å². The number of amides is 1. The molecule has 3 aromatic rings. The SMILES string of the molecule is Cc1nn(Cc2ccccc2)c(Cl)c1C(=O)Nc1ccc(CS(N)(=O)=O)cc1. The number of rotatable bonds is 6. The van der Waals surface area contributed by atoms with E-state index in [4.69, 9.17) is 16.7 Å². The van der Waals surface area contributed by atoms with E-state index in [0.29, 0.717) is 29.1 Å². The Morgan fingerprint density at radius 2 is 1.75 bits per heavy atom. The summed E-state index contributed by atoms with van der Waals surface area (Å²) in [5.41, 5.74) is 2.87. The maximum absolute atomic E-state index is 12.7. The third-order valence-electron chi connectivity index (χ3n) is 4.05. The van der Waals surface area contributed by atoms with Crippen molar-refractivity contribution in [2.24, 2.45) is 5.14 Å². The van der Waals surface area contributed by atoms with Gasteiger partial charge in [0.1, 0.15) is 5.15 Å². The lowest BCUT2D eigenvalue weighted by molar-refractivity contribution is 0.102. The summed E-state index contributed by atoms with van der Waals surface area (Å²) in [5.74, 6) is -0.653. The smallest absolute Gasteiger partial charge is 0.260 e. The average Bonchev–Trinajstić information content (AvgIpc) is 2.90. The molecule has 0 unspecified atom stereocenters. The van der Waals surface area contributed by atoms with Crippen LogP contribution in [-0.4, -0.2) is 24.1 Å². The molecule has 0 atom stereocenters. The number of nitrogens with one attached hydrogen (secondary N) is 1. The fraction of sp³-hybridized carbons (Fsp3) is 0.158. The Morgan fingerprint density at radius 1 is 1.11 bits per heavy atom. The zero-order valence-corrected chi connectivity index (χ0v) is 16.7. The Morgan fingerprint density at radius 3 is 2.36 bits per heavy atom. The quantitative estimate of drug-likeness (QED) is 0.641. The molecule has 0 fully saturated rings. The number of nitrogens with two attached hydrogens (primary N) is 1. The first-order chi connectivity index (χ1) is 13.2. The van der Waals surface area contributed by atoms with Crippen molar-refractivity contribution in [3.63, 3.8) is 0 Å². The molecule has 0 aliphatic rings. The second-order valence-corrected chi connectivity index (χ2v) is 8.33. The summed E-state index contributed by atoms with van der Waals surface area (Å²) >= 11 is 6.40. The van der Waals surface area contributed by atoms with Gasteiger partial charge in [0.15, 0.2) is 0 Å². The van der Waals surface area contributed by atoms with Crippen LogP contribution in [0.4, 0.5) is 5.69 Å². The van der Waals surface area contributed by atoms with E-state index in [-0.39, 0.29) is 16.8 Å². The van der Waals surface area contributed by atoms with Crippen molar-refractivity contribution in [1.82, 2.24) is 9.78 Å². The Kier molecular flexibility index (Phi) is 5.83. The minimum Gasteiger partial charge on any atom is -0.322 e. The van der Waals surface area contributed by atoms with Gasteiger partial charge in [0.2, 0.25) is 10.0 Å². The number of nitrogens with zero attached hydrogens (tertiary/aromatic N) is 2. The summed E-state index contributed by atoms with van der Waals surface area (Å²) in [5, 5.41) is 12.4. The van der Waals surface area contributed by atoms with Crippen LogP contribution in [0.5, 0.6) is 0 Å². The van der Waals surface area contributed by atoms with E-state index in [9.17, 15) is 13.2 Å². The Balaban J connectivity index is 1.76. The summed E-state index contributed by atoms with van der Waals surface area (Å²) in [6.07, 6.45) is 0. The highest BCUT2D eigenvalue weighted by atomic mass is 35.5. The van der Waals surface area contributed by atoms with Crippen LogP contribution in [-0.2, 0) is 22.3 Å². The fourth-order valence-corrected chi connectivity index (χ4v) is 3.76. The number of primary sulfonamides is 1. The largest absolute Gasteiger partial charge is 0.322 e. The summed E-state index contributed by atoms with van der Waals surface area (Å²) in [6.45, 7) is 2.17. The lowest BCUT2D eigenvalue weighted by Gasteiger charge is -2.07. The van der Waals surface area contributed by atoms with Crippen molar-refractivity contribution < 1.29 is 13.2 Å². The number of carbonyl (C=O) groups is 1. The number of sulfonamides is 1. The molecule has 1 amide bonds. The molecular weight excluding hydrogens is 400 g/mol. The van der Waals surface area contributed by atoms with Gasteiger partial charge < -0.3 is 5.32 Å². The monoisotopic (exact) mass is 418 g/mol. The first kappa shape index (κ1) is 20.1. The average molecular weight is 419 g/mol. The molecule has 0 saturated carbocycles. The minimum absolute atomic E-state index is 0.254. The van der Waals surface area contributed by atoms with Gasteiger partial charge >= 0.3 is 0 Å². The van der Waals surface area contributed by atoms with Crippen molar-refractivity contribution in [3.8, 4) is 0 Å². The minimum atomic E-state index is -3.61. The van der Waals surface area contributed by atoms with Crippen molar-refractivity contribution in [2.75, 3.05) is 5.32 Å². The van der Waals surface area contributed by atoms with Gasteiger partial charge in [-0.3, -0.25) is 4.79 Å². The predicted octanol–water partition coefficient (Wildman–Crippen LogP) is 2.93. The number of aromatic nitrogens is 2. The third-order valence-corrected chi connectivity index (χ3v) is 5.17. The van der Waals surface area contributed by atoms with E-state index in [0.717, 1.165) is 5.56 Å². The number of halogens is 1. The number of hydrogen-bond acceptors (Lipinski definition) is 4. The third kappa shape index (κ3) is 4.98. The van der Waals surface area contributed by atoms with Crippen molar-refractivity contribution in [3.05, 3.63) is 82.1 Å². The van der Waals surface area contributed by atoms with Gasteiger partial charge in [-0.2, -0.15) is 5.10 Å². The molecule has 0 radical (unpaired) electrons. The Hall–Kier alpha value is -2.68. The molecule has 28 heavy (non-hydrogen) atoms.